The van der Waals surface area contributed by atoms with Gasteiger partial charge >= 0.3 is 0 Å². The van der Waals surface area contributed by atoms with Crippen LogP contribution in [0.2, 0.25) is 0 Å². The fourth-order valence-corrected chi connectivity index (χ4v) is 2.55. The number of benzene rings is 1. The van der Waals surface area contributed by atoms with Gasteiger partial charge in [0.25, 0.3) is 0 Å². The van der Waals surface area contributed by atoms with E-state index >= 15 is 0 Å². The van der Waals surface area contributed by atoms with Crippen LogP contribution < -0.4 is 10.2 Å². The van der Waals surface area contributed by atoms with E-state index in [-0.39, 0.29) is 0 Å². The lowest BCUT2D eigenvalue weighted by atomic mass is 10.2. The lowest BCUT2D eigenvalue weighted by Gasteiger charge is -2.19. The van der Waals surface area contributed by atoms with Gasteiger partial charge in [-0.3, -0.25) is 0 Å². The molecule has 96 valence electrons. The minimum absolute atomic E-state index is 1.02. The SMILES string of the molecule is CN(CCNCCc1ccsc1)c1ccccc1. The van der Waals surface area contributed by atoms with E-state index in [1.807, 2.05) is 0 Å². The molecule has 1 aromatic heterocycles. The zero-order chi connectivity index (χ0) is 12.6. The zero-order valence-electron chi connectivity index (χ0n) is 10.8. The summed E-state index contributed by atoms with van der Waals surface area (Å²) in [6.45, 7) is 3.11. The second-order valence-corrected chi connectivity index (χ2v) is 5.17. The molecule has 0 aliphatic heterocycles. The number of para-hydroxylation sites is 1. The quantitative estimate of drug-likeness (QED) is 0.770. The lowest BCUT2D eigenvalue weighted by molar-refractivity contribution is 0.676. The van der Waals surface area contributed by atoms with Crippen molar-refractivity contribution in [3.05, 3.63) is 52.7 Å². The number of likely N-dealkylation sites (N-methyl/N-ethyl adjacent to an activating group) is 1. The van der Waals surface area contributed by atoms with Crippen molar-refractivity contribution >= 4 is 17.0 Å². The van der Waals surface area contributed by atoms with Gasteiger partial charge < -0.3 is 10.2 Å². The maximum atomic E-state index is 3.49. The van der Waals surface area contributed by atoms with Gasteiger partial charge in [0.1, 0.15) is 0 Å². The summed E-state index contributed by atoms with van der Waals surface area (Å²) >= 11 is 1.77. The van der Waals surface area contributed by atoms with Crippen molar-refractivity contribution in [1.82, 2.24) is 5.32 Å². The van der Waals surface area contributed by atoms with E-state index in [9.17, 15) is 0 Å². The fourth-order valence-electron chi connectivity index (χ4n) is 1.85. The number of thiophene rings is 1. The van der Waals surface area contributed by atoms with Crippen molar-refractivity contribution in [3.63, 3.8) is 0 Å². The Balaban J connectivity index is 1.61. The Kier molecular flexibility index (Phi) is 5.24. The summed E-state index contributed by atoms with van der Waals surface area (Å²) in [6, 6.07) is 12.7. The van der Waals surface area contributed by atoms with Crippen molar-refractivity contribution in [2.75, 3.05) is 31.6 Å². The Morgan fingerprint density at radius 1 is 1.11 bits per heavy atom. The van der Waals surface area contributed by atoms with Gasteiger partial charge in [0.05, 0.1) is 0 Å². The molecule has 0 unspecified atom stereocenters. The molecule has 0 spiro atoms. The van der Waals surface area contributed by atoms with Crippen molar-refractivity contribution in [3.8, 4) is 0 Å². The number of rotatable bonds is 7. The van der Waals surface area contributed by atoms with E-state index in [1.165, 1.54) is 11.3 Å². The first-order valence-electron chi connectivity index (χ1n) is 6.34. The van der Waals surface area contributed by atoms with E-state index in [1.54, 1.807) is 11.3 Å². The normalized spacial score (nSPS) is 10.5. The topological polar surface area (TPSA) is 15.3 Å². The largest absolute Gasteiger partial charge is 0.373 e. The van der Waals surface area contributed by atoms with Crippen LogP contribution in [0.5, 0.6) is 0 Å². The first kappa shape index (κ1) is 13.1. The average molecular weight is 260 g/mol. The van der Waals surface area contributed by atoms with Gasteiger partial charge in [0.15, 0.2) is 0 Å². The highest BCUT2D eigenvalue weighted by atomic mass is 32.1. The van der Waals surface area contributed by atoms with Gasteiger partial charge in [0.2, 0.25) is 0 Å². The zero-order valence-corrected chi connectivity index (χ0v) is 11.6. The number of hydrogen-bond donors (Lipinski definition) is 1. The summed E-state index contributed by atoms with van der Waals surface area (Å²) in [5.74, 6) is 0. The van der Waals surface area contributed by atoms with Gasteiger partial charge in [-0.05, 0) is 47.5 Å². The smallest absolute Gasteiger partial charge is 0.0364 e. The molecular formula is C15H20N2S. The van der Waals surface area contributed by atoms with Crippen LogP contribution in [0.25, 0.3) is 0 Å². The highest BCUT2D eigenvalue weighted by Crippen LogP contribution is 2.09. The van der Waals surface area contributed by atoms with E-state index in [2.05, 4.69) is 64.4 Å². The number of anilines is 1. The maximum absolute atomic E-state index is 3.49. The van der Waals surface area contributed by atoms with Crippen molar-refractivity contribution in [2.24, 2.45) is 0 Å². The molecule has 1 aromatic carbocycles. The van der Waals surface area contributed by atoms with E-state index in [4.69, 9.17) is 0 Å². The molecule has 2 nitrogen and oxygen atoms in total. The molecule has 1 heterocycles. The van der Waals surface area contributed by atoms with Crippen LogP contribution in [-0.4, -0.2) is 26.7 Å². The predicted octanol–water partition coefficient (Wildman–Crippen LogP) is 3.02. The van der Waals surface area contributed by atoms with Gasteiger partial charge in [0, 0.05) is 25.8 Å². The summed E-state index contributed by atoms with van der Waals surface area (Å²) in [6.07, 6.45) is 1.12. The predicted molar refractivity (Wildman–Crippen MR) is 80.6 cm³/mol. The molecule has 1 N–H and O–H groups in total. The van der Waals surface area contributed by atoms with Crippen LogP contribution in [-0.2, 0) is 6.42 Å². The van der Waals surface area contributed by atoms with Crippen LogP contribution >= 0.6 is 11.3 Å². The van der Waals surface area contributed by atoms with Gasteiger partial charge in [-0.25, -0.2) is 0 Å². The van der Waals surface area contributed by atoms with Gasteiger partial charge in [-0.15, -0.1) is 0 Å². The monoisotopic (exact) mass is 260 g/mol. The Hall–Kier alpha value is -1.32. The third-order valence-electron chi connectivity index (χ3n) is 2.99. The standard InChI is InChI=1S/C15H20N2S/c1-17(15-5-3-2-4-6-15)11-10-16-9-7-14-8-12-18-13-14/h2-6,8,12-13,16H,7,9-11H2,1H3. The van der Waals surface area contributed by atoms with E-state index in [0.29, 0.717) is 0 Å². The molecule has 0 aliphatic rings. The Bertz CT molecular complexity index is 425. The molecule has 0 fully saturated rings. The van der Waals surface area contributed by atoms with E-state index < -0.39 is 0 Å². The molecule has 0 atom stereocenters. The van der Waals surface area contributed by atoms with Gasteiger partial charge in [-0.1, -0.05) is 18.2 Å². The van der Waals surface area contributed by atoms with Crippen molar-refractivity contribution in [1.29, 1.82) is 0 Å². The van der Waals surface area contributed by atoms with Crippen LogP contribution in [0, 0.1) is 0 Å². The highest BCUT2D eigenvalue weighted by Gasteiger charge is 1.98. The van der Waals surface area contributed by atoms with Crippen molar-refractivity contribution in [2.45, 2.75) is 6.42 Å². The summed E-state index contributed by atoms with van der Waals surface area (Å²) in [5, 5.41) is 7.84. The molecule has 0 saturated heterocycles. The number of hydrogen-bond acceptors (Lipinski definition) is 3. The second-order valence-electron chi connectivity index (χ2n) is 4.39. The van der Waals surface area contributed by atoms with Crippen LogP contribution in [0.4, 0.5) is 5.69 Å². The highest BCUT2D eigenvalue weighted by molar-refractivity contribution is 7.07. The fraction of sp³-hybridized carbons (Fsp3) is 0.333. The van der Waals surface area contributed by atoms with Gasteiger partial charge in [-0.2, -0.15) is 11.3 Å². The Labute approximate surface area is 113 Å². The molecule has 0 saturated carbocycles. The van der Waals surface area contributed by atoms with E-state index in [0.717, 1.165) is 26.1 Å². The summed E-state index contributed by atoms with van der Waals surface area (Å²) in [4.78, 5) is 2.28. The molecule has 0 amide bonds. The molecule has 0 bridgehead atoms. The number of nitrogens with zero attached hydrogens (tertiary/aromatic N) is 1. The minimum atomic E-state index is 1.02. The van der Waals surface area contributed by atoms with Crippen LogP contribution in [0.3, 0.4) is 0 Å². The maximum Gasteiger partial charge on any atom is 0.0364 e. The third-order valence-corrected chi connectivity index (χ3v) is 3.72. The molecule has 2 aromatic rings. The Morgan fingerprint density at radius 3 is 2.67 bits per heavy atom. The third kappa shape index (κ3) is 4.17. The molecule has 0 radical (unpaired) electrons. The van der Waals surface area contributed by atoms with Crippen molar-refractivity contribution < 1.29 is 0 Å². The Morgan fingerprint density at radius 2 is 1.94 bits per heavy atom. The lowest BCUT2D eigenvalue weighted by Crippen LogP contribution is -2.30. The van der Waals surface area contributed by atoms with Crippen LogP contribution in [0.15, 0.2) is 47.2 Å². The average Bonchev–Trinajstić information content (AvgIpc) is 2.92. The molecule has 2 rings (SSSR count). The molecular weight excluding hydrogens is 240 g/mol. The first-order chi connectivity index (χ1) is 8.86. The summed E-state index contributed by atoms with van der Waals surface area (Å²) in [7, 11) is 2.13. The number of nitrogens with one attached hydrogen (secondary N) is 1. The second kappa shape index (κ2) is 7.19. The van der Waals surface area contributed by atoms with Crippen LogP contribution in [0.1, 0.15) is 5.56 Å². The summed E-state index contributed by atoms with van der Waals surface area (Å²) < 4.78 is 0. The molecule has 18 heavy (non-hydrogen) atoms. The minimum Gasteiger partial charge on any atom is -0.373 e. The molecule has 0 aliphatic carbocycles. The first-order valence-corrected chi connectivity index (χ1v) is 7.28. The molecule has 3 heteroatoms. The summed E-state index contributed by atoms with van der Waals surface area (Å²) in [5.41, 5.74) is 2.71.